The molecule has 1 aliphatic carbocycles. The minimum absolute atomic E-state index is 0.102. The van der Waals surface area contributed by atoms with E-state index in [2.05, 4.69) is 28.5 Å². The van der Waals surface area contributed by atoms with E-state index in [-0.39, 0.29) is 17.9 Å². The maximum Gasteiger partial charge on any atom is 0.223 e. The fraction of sp³-hybridized carbons (Fsp3) is 0.412. The van der Waals surface area contributed by atoms with Crippen LogP contribution in [-0.2, 0) is 11.2 Å². The monoisotopic (exact) mass is 283 g/mol. The van der Waals surface area contributed by atoms with E-state index in [1.807, 2.05) is 18.3 Å². The van der Waals surface area contributed by atoms with Gasteiger partial charge in [-0.3, -0.25) is 9.78 Å². The van der Waals surface area contributed by atoms with Crippen molar-refractivity contribution in [3.05, 3.63) is 42.1 Å². The highest BCUT2D eigenvalue weighted by Crippen LogP contribution is 2.24. The van der Waals surface area contributed by atoms with Crippen LogP contribution in [0.4, 0.5) is 0 Å². The number of benzene rings is 1. The molecule has 21 heavy (non-hydrogen) atoms. The molecule has 1 saturated carbocycles. The lowest BCUT2D eigenvalue weighted by Crippen LogP contribution is -2.31. The van der Waals surface area contributed by atoms with E-state index in [0.717, 1.165) is 36.6 Å². The standard InChI is InChI=1S/C17H21N3O/c18-15-7-6-14(11-15)17(21)20-10-8-13-4-1-3-12-5-2-9-19-16(12)13/h1-5,9,14-15H,6-8,10-11,18H2,(H,20,21). The number of pyridine rings is 1. The molecule has 0 spiro atoms. The van der Waals surface area contributed by atoms with Crippen molar-refractivity contribution in [3.8, 4) is 0 Å². The summed E-state index contributed by atoms with van der Waals surface area (Å²) >= 11 is 0. The van der Waals surface area contributed by atoms with Crippen LogP contribution in [0.2, 0.25) is 0 Å². The number of hydrogen-bond donors (Lipinski definition) is 2. The molecule has 1 aromatic heterocycles. The number of nitrogens with two attached hydrogens (primary N) is 1. The molecule has 0 bridgehead atoms. The number of amides is 1. The summed E-state index contributed by atoms with van der Waals surface area (Å²) in [5.41, 5.74) is 8.06. The number of nitrogens with zero attached hydrogens (tertiary/aromatic N) is 1. The van der Waals surface area contributed by atoms with Gasteiger partial charge >= 0.3 is 0 Å². The zero-order valence-corrected chi connectivity index (χ0v) is 12.1. The van der Waals surface area contributed by atoms with Crippen LogP contribution >= 0.6 is 0 Å². The zero-order valence-electron chi connectivity index (χ0n) is 12.1. The van der Waals surface area contributed by atoms with Gasteiger partial charge in [0.25, 0.3) is 0 Å². The summed E-state index contributed by atoms with van der Waals surface area (Å²) in [5, 5.41) is 4.18. The topological polar surface area (TPSA) is 68.0 Å². The third-order valence-electron chi connectivity index (χ3n) is 4.25. The molecule has 3 N–H and O–H groups in total. The van der Waals surface area contributed by atoms with Crippen molar-refractivity contribution in [1.82, 2.24) is 10.3 Å². The third kappa shape index (κ3) is 3.22. The van der Waals surface area contributed by atoms with Crippen LogP contribution in [0.5, 0.6) is 0 Å². The van der Waals surface area contributed by atoms with Gasteiger partial charge in [0.15, 0.2) is 0 Å². The lowest BCUT2D eigenvalue weighted by molar-refractivity contribution is -0.124. The lowest BCUT2D eigenvalue weighted by atomic mass is 10.1. The molecule has 0 saturated heterocycles. The van der Waals surface area contributed by atoms with E-state index in [9.17, 15) is 4.79 Å². The zero-order chi connectivity index (χ0) is 14.7. The van der Waals surface area contributed by atoms with Crippen molar-refractivity contribution >= 4 is 16.8 Å². The Morgan fingerprint density at radius 3 is 2.95 bits per heavy atom. The second kappa shape index (κ2) is 6.22. The third-order valence-corrected chi connectivity index (χ3v) is 4.25. The van der Waals surface area contributed by atoms with Gasteiger partial charge in [0.1, 0.15) is 0 Å². The van der Waals surface area contributed by atoms with E-state index < -0.39 is 0 Å². The molecule has 1 heterocycles. The van der Waals surface area contributed by atoms with Crippen LogP contribution in [0.25, 0.3) is 10.9 Å². The van der Waals surface area contributed by atoms with E-state index in [4.69, 9.17) is 5.73 Å². The SMILES string of the molecule is NC1CCC(C(=O)NCCc2cccc3cccnc23)C1. The number of para-hydroxylation sites is 1. The highest BCUT2D eigenvalue weighted by Gasteiger charge is 2.27. The van der Waals surface area contributed by atoms with Crippen LogP contribution in [0.15, 0.2) is 36.5 Å². The maximum absolute atomic E-state index is 12.1. The van der Waals surface area contributed by atoms with E-state index in [0.29, 0.717) is 6.54 Å². The number of hydrogen-bond acceptors (Lipinski definition) is 3. The first kappa shape index (κ1) is 14.0. The molecule has 3 rings (SSSR count). The van der Waals surface area contributed by atoms with Crippen LogP contribution in [0.1, 0.15) is 24.8 Å². The molecule has 1 aromatic carbocycles. The van der Waals surface area contributed by atoms with Crippen molar-refractivity contribution in [2.75, 3.05) is 6.54 Å². The summed E-state index contributed by atoms with van der Waals surface area (Å²) in [4.78, 5) is 16.5. The Morgan fingerprint density at radius 2 is 2.14 bits per heavy atom. The fourth-order valence-electron chi connectivity index (χ4n) is 3.09. The van der Waals surface area contributed by atoms with Crippen LogP contribution in [0.3, 0.4) is 0 Å². The van der Waals surface area contributed by atoms with Crippen LogP contribution < -0.4 is 11.1 Å². The van der Waals surface area contributed by atoms with Gasteiger partial charge in [-0.1, -0.05) is 24.3 Å². The van der Waals surface area contributed by atoms with Crippen molar-refractivity contribution < 1.29 is 4.79 Å². The predicted molar refractivity (Wildman–Crippen MR) is 83.8 cm³/mol. The summed E-state index contributed by atoms with van der Waals surface area (Å²) in [7, 11) is 0. The van der Waals surface area contributed by atoms with Gasteiger partial charge in [0.2, 0.25) is 5.91 Å². The average Bonchev–Trinajstić information content (AvgIpc) is 2.94. The summed E-state index contributed by atoms with van der Waals surface area (Å²) in [6.07, 6.45) is 5.32. The molecule has 110 valence electrons. The Kier molecular flexibility index (Phi) is 4.15. The van der Waals surface area contributed by atoms with Crippen molar-refractivity contribution in [2.24, 2.45) is 11.7 Å². The highest BCUT2D eigenvalue weighted by molar-refractivity contribution is 5.82. The average molecular weight is 283 g/mol. The van der Waals surface area contributed by atoms with Gasteiger partial charge in [-0.05, 0) is 37.3 Å². The number of fused-ring (bicyclic) bond motifs is 1. The van der Waals surface area contributed by atoms with Gasteiger partial charge in [0.05, 0.1) is 5.52 Å². The molecule has 1 amide bonds. The highest BCUT2D eigenvalue weighted by atomic mass is 16.1. The molecule has 0 aliphatic heterocycles. The van der Waals surface area contributed by atoms with Crippen molar-refractivity contribution in [2.45, 2.75) is 31.7 Å². The smallest absolute Gasteiger partial charge is 0.223 e. The molecule has 1 fully saturated rings. The molecule has 2 atom stereocenters. The summed E-state index contributed by atoms with van der Waals surface area (Å²) in [5.74, 6) is 0.252. The largest absolute Gasteiger partial charge is 0.356 e. The normalized spacial score (nSPS) is 21.6. The lowest BCUT2D eigenvalue weighted by Gasteiger charge is -2.11. The Hall–Kier alpha value is -1.94. The van der Waals surface area contributed by atoms with Crippen molar-refractivity contribution in [1.29, 1.82) is 0 Å². The number of aromatic nitrogens is 1. The molecule has 2 unspecified atom stereocenters. The van der Waals surface area contributed by atoms with E-state index in [1.165, 1.54) is 5.56 Å². The fourth-order valence-corrected chi connectivity index (χ4v) is 3.09. The van der Waals surface area contributed by atoms with Gasteiger partial charge < -0.3 is 11.1 Å². The van der Waals surface area contributed by atoms with Crippen LogP contribution in [0, 0.1) is 5.92 Å². The molecular weight excluding hydrogens is 262 g/mol. The van der Waals surface area contributed by atoms with Gasteiger partial charge in [-0.2, -0.15) is 0 Å². The molecule has 4 nitrogen and oxygen atoms in total. The second-order valence-corrected chi connectivity index (χ2v) is 5.80. The number of nitrogens with one attached hydrogen (secondary N) is 1. The second-order valence-electron chi connectivity index (χ2n) is 5.80. The Labute approximate surface area is 124 Å². The minimum atomic E-state index is 0.102. The van der Waals surface area contributed by atoms with E-state index in [1.54, 1.807) is 0 Å². The number of rotatable bonds is 4. The Morgan fingerprint density at radius 1 is 1.29 bits per heavy atom. The Bertz CT molecular complexity index is 635. The molecule has 4 heteroatoms. The first-order chi connectivity index (χ1) is 10.2. The molecule has 1 aliphatic rings. The van der Waals surface area contributed by atoms with Gasteiger partial charge in [0, 0.05) is 30.1 Å². The first-order valence-electron chi connectivity index (χ1n) is 7.60. The predicted octanol–water partition coefficient (Wildman–Crippen LogP) is 2.02. The maximum atomic E-state index is 12.1. The van der Waals surface area contributed by atoms with Gasteiger partial charge in [-0.25, -0.2) is 0 Å². The van der Waals surface area contributed by atoms with Crippen molar-refractivity contribution in [3.63, 3.8) is 0 Å². The summed E-state index contributed by atoms with van der Waals surface area (Å²) in [6.45, 7) is 0.653. The first-order valence-corrected chi connectivity index (χ1v) is 7.60. The van der Waals surface area contributed by atoms with E-state index >= 15 is 0 Å². The Balaban J connectivity index is 1.58. The van der Waals surface area contributed by atoms with Crippen LogP contribution in [-0.4, -0.2) is 23.5 Å². The summed E-state index contributed by atoms with van der Waals surface area (Å²) in [6, 6.07) is 10.4. The number of carbonyl (C=O) groups excluding carboxylic acids is 1. The number of carbonyl (C=O) groups is 1. The minimum Gasteiger partial charge on any atom is -0.356 e. The molecule has 2 aromatic rings. The molecule has 0 radical (unpaired) electrons. The molecular formula is C17H21N3O. The van der Waals surface area contributed by atoms with Gasteiger partial charge in [-0.15, -0.1) is 0 Å². The quantitative estimate of drug-likeness (QED) is 0.902. The summed E-state index contributed by atoms with van der Waals surface area (Å²) < 4.78 is 0.